The molecule has 0 unspecified atom stereocenters. The second-order valence-corrected chi connectivity index (χ2v) is 12.0. The van der Waals surface area contributed by atoms with Crippen molar-refractivity contribution in [1.29, 1.82) is 0 Å². The molecule has 0 bridgehead atoms. The summed E-state index contributed by atoms with van der Waals surface area (Å²) in [7, 11) is 0. The van der Waals surface area contributed by atoms with E-state index in [0.29, 0.717) is 5.82 Å². The Labute approximate surface area is 286 Å². The molecule has 0 amide bonds. The third kappa shape index (κ3) is 6.53. The monoisotopic (exact) mass is 628 g/mol. The van der Waals surface area contributed by atoms with E-state index >= 15 is 0 Å². The molecule has 0 saturated heterocycles. The lowest BCUT2D eigenvalue weighted by molar-refractivity contribution is 1.18. The average molecular weight is 629 g/mol. The Balaban J connectivity index is 1.27. The molecular weight excluding hydrogens is 597 g/mol. The van der Waals surface area contributed by atoms with Crippen LogP contribution in [0.25, 0.3) is 78.7 Å². The zero-order chi connectivity index (χ0) is 33.0. The van der Waals surface area contributed by atoms with E-state index in [-0.39, 0.29) is 0 Å². The van der Waals surface area contributed by atoms with Crippen LogP contribution in [-0.2, 0) is 0 Å². The lowest BCUT2D eigenvalue weighted by atomic mass is 9.94. The van der Waals surface area contributed by atoms with Gasteiger partial charge in [0.15, 0.2) is 5.82 Å². The van der Waals surface area contributed by atoms with Crippen LogP contribution in [0.5, 0.6) is 0 Å². The van der Waals surface area contributed by atoms with Crippen LogP contribution in [0.4, 0.5) is 0 Å². The van der Waals surface area contributed by atoms with Gasteiger partial charge >= 0.3 is 0 Å². The Morgan fingerprint density at radius 2 is 0.776 bits per heavy atom. The van der Waals surface area contributed by atoms with Crippen LogP contribution in [-0.4, -0.2) is 19.9 Å². The molecule has 0 aliphatic carbocycles. The fourth-order valence-corrected chi connectivity index (χ4v) is 6.08. The van der Waals surface area contributed by atoms with Gasteiger partial charge in [-0.15, -0.1) is 0 Å². The molecule has 3 heterocycles. The summed E-state index contributed by atoms with van der Waals surface area (Å²) in [6.45, 7) is 2.02. The van der Waals surface area contributed by atoms with Gasteiger partial charge in [0.25, 0.3) is 0 Å². The van der Waals surface area contributed by atoms with Crippen LogP contribution in [0.15, 0.2) is 176 Å². The van der Waals surface area contributed by atoms with Gasteiger partial charge in [0.2, 0.25) is 0 Å². The molecular formula is C45H32N4. The first-order valence-corrected chi connectivity index (χ1v) is 16.4. The molecule has 0 N–H and O–H groups in total. The Hall–Kier alpha value is -6.52. The highest BCUT2D eigenvalue weighted by atomic mass is 14.9. The van der Waals surface area contributed by atoms with E-state index in [2.05, 4.69) is 108 Å². The number of pyridine rings is 2. The first-order chi connectivity index (χ1) is 24.2. The maximum atomic E-state index is 5.16. The lowest BCUT2D eigenvalue weighted by Gasteiger charge is -2.13. The van der Waals surface area contributed by atoms with Gasteiger partial charge in [0.1, 0.15) is 0 Å². The van der Waals surface area contributed by atoms with E-state index in [9.17, 15) is 0 Å². The molecule has 8 rings (SSSR count). The average Bonchev–Trinajstić information content (AvgIpc) is 3.19. The molecule has 3 aromatic heterocycles. The van der Waals surface area contributed by atoms with Crippen LogP contribution < -0.4 is 0 Å². The van der Waals surface area contributed by atoms with Crippen molar-refractivity contribution in [3.63, 3.8) is 0 Å². The summed E-state index contributed by atoms with van der Waals surface area (Å²) in [5, 5.41) is 0. The van der Waals surface area contributed by atoms with Crippen molar-refractivity contribution in [3.8, 4) is 78.7 Å². The predicted molar refractivity (Wildman–Crippen MR) is 200 cm³/mol. The number of nitrogens with zero attached hydrogens (tertiary/aromatic N) is 4. The first kappa shape index (κ1) is 29.9. The summed E-state index contributed by atoms with van der Waals surface area (Å²) in [5.41, 5.74) is 14.2. The molecule has 49 heavy (non-hydrogen) atoms. The molecule has 8 aromatic rings. The van der Waals surface area contributed by atoms with Crippen molar-refractivity contribution in [2.45, 2.75) is 6.92 Å². The van der Waals surface area contributed by atoms with E-state index in [1.807, 2.05) is 79.9 Å². The minimum atomic E-state index is 0.675. The van der Waals surface area contributed by atoms with Gasteiger partial charge in [-0.25, -0.2) is 9.97 Å². The van der Waals surface area contributed by atoms with Crippen molar-refractivity contribution in [3.05, 3.63) is 182 Å². The van der Waals surface area contributed by atoms with E-state index < -0.39 is 0 Å². The van der Waals surface area contributed by atoms with Gasteiger partial charge in [0, 0.05) is 39.7 Å². The van der Waals surface area contributed by atoms with Crippen LogP contribution in [0.2, 0.25) is 0 Å². The minimum absolute atomic E-state index is 0.675. The lowest BCUT2D eigenvalue weighted by Crippen LogP contribution is -1.97. The largest absolute Gasteiger partial charge is 0.256 e. The van der Waals surface area contributed by atoms with Gasteiger partial charge in [0.05, 0.1) is 22.8 Å². The number of benzene rings is 5. The first-order valence-electron chi connectivity index (χ1n) is 16.4. The van der Waals surface area contributed by atoms with Crippen LogP contribution in [0.1, 0.15) is 5.69 Å². The van der Waals surface area contributed by atoms with Crippen molar-refractivity contribution >= 4 is 0 Å². The maximum absolute atomic E-state index is 5.16. The van der Waals surface area contributed by atoms with E-state index in [1.54, 1.807) is 0 Å². The Morgan fingerprint density at radius 3 is 1.31 bits per heavy atom. The second kappa shape index (κ2) is 13.3. The maximum Gasteiger partial charge on any atom is 0.160 e. The minimum Gasteiger partial charge on any atom is -0.256 e. The van der Waals surface area contributed by atoms with Crippen LogP contribution in [0, 0.1) is 6.92 Å². The predicted octanol–water partition coefficient (Wildman–Crippen LogP) is 11.2. The van der Waals surface area contributed by atoms with Crippen molar-refractivity contribution in [2.75, 3.05) is 0 Å². The third-order valence-corrected chi connectivity index (χ3v) is 8.64. The number of hydrogen-bond donors (Lipinski definition) is 0. The normalized spacial score (nSPS) is 11.0. The number of aryl methyl sites for hydroxylation is 1. The van der Waals surface area contributed by atoms with Crippen LogP contribution in [0.3, 0.4) is 0 Å². The third-order valence-electron chi connectivity index (χ3n) is 8.64. The number of aromatic nitrogens is 4. The van der Waals surface area contributed by atoms with E-state index in [0.717, 1.165) is 78.5 Å². The SMILES string of the molecule is Cc1cccc(-c2ccc(-c3cc(-c4ccc(-c5ccccn5)cc4)cc(-c4nc(-c5ccccc5)cc(-c5ccccc5)n4)c3)cc2)n1. The van der Waals surface area contributed by atoms with E-state index in [4.69, 9.17) is 15.0 Å². The highest BCUT2D eigenvalue weighted by Crippen LogP contribution is 2.35. The fourth-order valence-electron chi connectivity index (χ4n) is 6.08. The van der Waals surface area contributed by atoms with Gasteiger partial charge in [-0.2, -0.15) is 0 Å². The number of rotatable bonds is 7. The van der Waals surface area contributed by atoms with Gasteiger partial charge in [-0.1, -0.05) is 121 Å². The molecule has 0 saturated carbocycles. The van der Waals surface area contributed by atoms with Crippen molar-refractivity contribution in [2.24, 2.45) is 0 Å². The molecule has 4 nitrogen and oxygen atoms in total. The van der Waals surface area contributed by atoms with Crippen LogP contribution >= 0.6 is 0 Å². The smallest absolute Gasteiger partial charge is 0.160 e. The Kier molecular flexibility index (Phi) is 8.11. The highest BCUT2D eigenvalue weighted by molar-refractivity contribution is 5.82. The molecule has 4 heteroatoms. The second-order valence-electron chi connectivity index (χ2n) is 12.0. The van der Waals surface area contributed by atoms with E-state index in [1.165, 1.54) is 0 Å². The standard InChI is InChI=1S/C45H32N4/c1-31-11-10-17-42(47-31)37-24-20-33(21-25-37)39-27-38(32-18-22-36(23-19-32)41-16-8-9-26-46-41)28-40(29-39)45-48-43(34-12-4-2-5-13-34)30-44(49-45)35-14-6-3-7-15-35/h2-30H,1H3. The number of hydrogen-bond acceptors (Lipinski definition) is 4. The summed E-state index contributed by atoms with van der Waals surface area (Å²) < 4.78 is 0. The zero-order valence-electron chi connectivity index (χ0n) is 27.0. The molecule has 0 spiro atoms. The van der Waals surface area contributed by atoms with Crippen molar-refractivity contribution in [1.82, 2.24) is 19.9 Å². The molecule has 0 aliphatic rings. The van der Waals surface area contributed by atoms with Gasteiger partial charge in [-0.05, 0) is 77.7 Å². The zero-order valence-corrected chi connectivity index (χ0v) is 27.0. The molecule has 0 aliphatic heterocycles. The van der Waals surface area contributed by atoms with Crippen molar-refractivity contribution < 1.29 is 0 Å². The molecule has 5 aromatic carbocycles. The molecule has 0 atom stereocenters. The Bertz CT molecular complexity index is 2290. The summed E-state index contributed by atoms with van der Waals surface area (Å²) in [6.07, 6.45) is 1.83. The quantitative estimate of drug-likeness (QED) is 0.176. The Morgan fingerprint density at radius 1 is 0.306 bits per heavy atom. The molecule has 232 valence electrons. The van der Waals surface area contributed by atoms with Gasteiger partial charge in [-0.3, -0.25) is 9.97 Å². The van der Waals surface area contributed by atoms with Gasteiger partial charge < -0.3 is 0 Å². The molecule has 0 fully saturated rings. The highest BCUT2D eigenvalue weighted by Gasteiger charge is 2.14. The molecule has 0 radical (unpaired) electrons. The summed E-state index contributed by atoms with van der Waals surface area (Å²) in [4.78, 5) is 19.6. The summed E-state index contributed by atoms with van der Waals surface area (Å²) >= 11 is 0. The summed E-state index contributed by atoms with van der Waals surface area (Å²) in [5.74, 6) is 0.675. The fraction of sp³-hybridized carbons (Fsp3) is 0.0222. The summed E-state index contributed by atoms with van der Waals surface area (Å²) in [6, 6.07) is 58.7. The topological polar surface area (TPSA) is 51.6 Å².